The van der Waals surface area contributed by atoms with E-state index in [1.165, 1.54) is 16.5 Å². The van der Waals surface area contributed by atoms with Gasteiger partial charge in [-0.1, -0.05) is 62.4 Å². The van der Waals surface area contributed by atoms with Gasteiger partial charge in [-0.05, 0) is 12.5 Å². The molecule has 0 spiro atoms. The van der Waals surface area contributed by atoms with Crippen molar-refractivity contribution < 1.29 is 0 Å². The molecule has 2 heteroatoms. The zero-order chi connectivity index (χ0) is 13.0. The van der Waals surface area contributed by atoms with Crippen LogP contribution in [0.1, 0.15) is 19.4 Å². The second-order valence-electron chi connectivity index (χ2n) is 3.94. The van der Waals surface area contributed by atoms with Crippen molar-refractivity contribution in [3.63, 3.8) is 0 Å². The van der Waals surface area contributed by atoms with Crippen LogP contribution in [-0.4, -0.2) is 10.2 Å². The third-order valence-corrected chi connectivity index (χ3v) is 2.85. The molecule has 92 valence electrons. The van der Waals surface area contributed by atoms with E-state index in [1.54, 1.807) is 0 Å². The molecule has 1 heterocycles. The molecular weight excluding hydrogens is 220 g/mol. The molecule has 3 aromatic rings. The van der Waals surface area contributed by atoms with Gasteiger partial charge in [0.15, 0.2) is 0 Å². The highest BCUT2D eigenvalue weighted by Gasteiger charge is 2.07. The van der Waals surface area contributed by atoms with Gasteiger partial charge in [0, 0.05) is 10.9 Å². The minimum absolute atomic E-state index is 1.06. The van der Waals surface area contributed by atoms with E-state index in [1.807, 2.05) is 32.0 Å². The van der Waals surface area contributed by atoms with Gasteiger partial charge in [0.25, 0.3) is 0 Å². The standard InChI is InChI=1S/C14H12N2.C2H6/c1-10-6-5-9-12-13(10)15-16-14(12)11-7-3-2-4-8-11;1-2/h2-9H,1H3,(H,15,16);1-2H3. The monoisotopic (exact) mass is 238 g/mol. The van der Waals surface area contributed by atoms with Gasteiger partial charge in [0.05, 0.1) is 11.2 Å². The molecule has 1 N–H and O–H groups in total. The first-order valence-corrected chi connectivity index (χ1v) is 6.35. The average Bonchev–Trinajstić information content (AvgIpc) is 2.87. The Balaban J connectivity index is 0.000000574. The molecule has 0 fully saturated rings. The van der Waals surface area contributed by atoms with Crippen LogP contribution in [0.15, 0.2) is 48.5 Å². The van der Waals surface area contributed by atoms with Gasteiger partial charge < -0.3 is 0 Å². The van der Waals surface area contributed by atoms with Crippen molar-refractivity contribution in [3.8, 4) is 11.3 Å². The van der Waals surface area contributed by atoms with Crippen LogP contribution in [-0.2, 0) is 0 Å². The van der Waals surface area contributed by atoms with Gasteiger partial charge in [-0.2, -0.15) is 5.10 Å². The van der Waals surface area contributed by atoms with E-state index < -0.39 is 0 Å². The first kappa shape index (κ1) is 12.4. The molecule has 0 aliphatic heterocycles. The number of fused-ring (bicyclic) bond motifs is 1. The lowest BCUT2D eigenvalue weighted by molar-refractivity contribution is 1.12. The summed E-state index contributed by atoms with van der Waals surface area (Å²) < 4.78 is 0. The molecule has 18 heavy (non-hydrogen) atoms. The fraction of sp³-hybridized carbons (Fsp3) is 0.188. The molecule has 0 amide bonds. The number of nitrogens with one attached hydrogen (secondary N) is 1. The number of hydrogen-bond donors (Lipinski definition) is 1. The molecule has 0 saturated heterocycles. The maximum Gasteiger partial charge on any atom is 0.0956 e. The Labute approximate surface area is 108 Å². The molecule has 0 saturated carbocycles. The van der Waals surface area contributed by atoms with Gasteiger partial charge >= 0.3 is 0 Å². The van der Waals surface area contributed by atoms with Gasteiger partial charge in [-0.25, -0.2) is 0 Å². The van der Waals surface area contributed by atoms with Crippen LogP contribution in [0, 0.1) is 6.92 Å². The number of H-pyrrole nitrogens is 1. The van der Waals surface area contributed by atoms with Gasteiger partial charge in [-0.15, -0.1) is 0 Å². The SMILES string of the molecule is CC.Cc1cccc2c(-c3ccccc3)[nH]nc12. The Bertz CT molecular complexity index is 624. The fourth-order valence-corrected chi connectivity index (χ4v) is 2.01. The van der Waals surface area contributed by atoms with Crippen molar-refractivity contribution in [2.45, 2.75) is 20.8 Å². The van der Waals surface area contributed by atoms with Crippen LogP contribution in [0.2, 0.25) is 0 Å². The third kappa shape index (κ3) is 2.14. The van der Waals surface area contributed by atoms with Crippen LogP contribution < -0.4 is 0 Å². The first-order chi connectivity index (χ1) is 8.86. The van der Waals surface area contributed by atoms with Crippen molar-refractivity contribution in [3.05, 3.63) is 54.1 Å². The highest BCUT2D eigenvalue weighted by Crippen LogP contribution is 2.27. The number of aromatic amines is 1. The number of aromatic nitrogens is 2. The molecule has 2 nitrogen and oxygen atoms in total. The lowest BCUT2D eigenvalue weighted by Gasteiger charge is -1.98. The maximum absolute atomic E-state index is 4.37. The zero-order valence-corrected chi connectivity index (χ0v) is 11.1. The molecule has 1 aromatic heterocycles. The minimum atomic E-state index is 1.06. The summed E-state index contributed by atoms with van der Waals surface area (Å²) in [7, 11) is 0. The predicted molar refractivity (Wildman–Crippen MR) is 77.6 cm³/mol. The van der Waals surface area contributed by atoms with E-state index in [9.17, 15) is 0 Å². The summed E-state index contributed by atoms with van der Waals surface area (Å²) in [6, 6.07) is 16.5. The van der Waals surface area contributed by atoms with Crippen LogP contribution in [0.4, 0.5) is 0 Å². The van der Waals surface area contributed by atoms with Gasteiger partial charge in [0.1, 0.15) is 0 Å². The van der Waals surface area contributed by atoms with Crippen LogP contribution in [0.3, 0.4) is 0 Å². The summed E-state index contributed by atoms with van der Waals surface area (Å²) in [4.78, 5) is 0. The Morgan fingerprint density at radius 1 is 0.889 bits per heavy atom. The Kier molecular flexibility index (Phi) is 3.78. The number of rotatable bonds is 1. The van der Waals surface area contributed by atoms with E-state index in [4.69, 9.17) is 0 Å². The normalized spacial score (nSPS) is 9.94. The number of para-hydroxylation sites is 1. The molecule has 0 bridgehead atoms. The van der Waals surface area contributed by atoms with E-state index in [-0.39, 0.29) is 0 Å². The van der Waals surface area contributed by atoms with Gasteiger partial charge in [0.2, 0.25) is 0 Å². The summed E-state index contributed by atoms with van der Waals surface area (Å²) in [6.07, 6.45) is 0. The number of benzene rings is 2. The van der Waals surface area contributed by atoms with E-state index in [0.717, 1.165) is 11.2 Å². The lowest BCUT2D eigenvalue weighted by Crippen LogP contribution is -1.77. The molecular formula is C16H18N2. The topological polar surface area (TPSA) is 28.7 Å². The van der Waals surface area contributed by atoms with Gasteiger partial charge in [-0.3, -0.25) is 5.10 Å². The Morgan fingerprint density at radius 2 is 1.61 bits per heavy atom. The van der Waals surface area contributed by atoms with Crippen molar-refractivity contribution >= 4 is 10.9 Å². The molecule has 0 aliphatic carbocycles. The molecule has 0 atom stereocenters. The Hall–Kier alpha value is -2.09. The minimum Gasteiger partial charge on any atom is -0.277 e. The number of aryl methyl sites for hydroxylation is 1. The fourth-order valence-electron chi connectivity index (χ4n) is 2.01. The van der Waals surface area contributed by atoms with Crippen molar-refractivity contribution in [2.75, 3.05) is 0 Å². The largest absolute Gasteiger partial charge is 0.277 e. The highest BCUT2D eigenvalue weighted by molar-refractivity contribution is 5.94. The van der Waals surface area contributed by atoms with E-state index in [0.29, 0.717) is 0 Å². The maximum atomic E-state index is 4.37. The molecule has 0 aliphatic rings. The second-order valence-corrected chi connectivity index (χ2v) is 3.94. The average molecular weight is 238 g/mol. The van der Waals surface area contributed by atoms with Crippen LogP contribution >= 0.6 is 0 Å². The van der Waals surface area contributed by atoms with E-state index >= 15 is 0 Å². The highest BCUT2D eigenvalue weighted by atomic mass is 15.1. The molecule has 0 radical (unpaired) electrons. The van der Waals surface area contributed by atoms with Crippen LogP contribution in [0.25, 0.3) is 22.2 Å². The summed E-state index contributed by atoms with van der Waals surface area (Å²) in [6.45, 7) is 6.08. The number of nitrogens with zero attached hydrogens (tertiary/aromatic N) is 1. The first-order valence-electron chi connectivity index (χ1n) is 6.35. The van der Waals surface area contributed by atoms with Crippen molar-refractivity contribution in [2.24, 2.45) is 0 Å². The summed E-state index contributed by atoms with van der Waals surface area (Å²) in [5.74, 6) is 0. The second kappa shape index (κ2) is 5.50. The summed E-state index contributed by atoms with van der Waals surface area (Å²) in [5.41, 5.74) is 4.53. The third-order valence-electron chi connectivity index (χ3n) is 2.85. The molecule has 3 rings (SSSR count). The lowest BCUT2D eigenvalue weighted by atomic mass is 10.1. The molecule has 2 aromatic carbocycles. The Morgan fingerprint density at radius 3 is 2.33 bits per heavy atom. The quantitative estimate of drug-likeness (QED) is 0.661. The zero-order valence-electron chi connectivity index (χ0n) is 11.1. The smallest absolute Gasteiger partial charge is 0.0956 e. The number of hydrogen-bond acceptors (Lipinski definition) is 1. The molecule has 0 unspecified atom stereocenters. The van der Waals surface area contributed by atoms with Crippen molar-refractivity contribution in [1.82, 2.24) is 10.2 Å². The summed E-state index contributed by atoms with van der Waals surface area (Å²) >= 11 is 0. The summed E-state index contributed by atoms with van der Waals surface area (Å²) in [5, 5.41) is 8.68. The predicted octanol–water partition coefficient (Wildman–Crippen LogP) is 4.56. The van der Waals surface area contributed by atoms with Crippen molar-refractivity contribution in [1.29, 1.82) is 0 Å². The van der Waals surface area contributed by atoms with Crippen LogP contribution in [0.5, 0.6) is 0 Å². The van der Waals surface area contributed by atoms with E-state index in [2.05, 4.69) is 47.5 Å².